The van der Waals surface area contributed by atoms with Gasteiger partial charge in [-0.05, 0) is 30.9 Å². The molecule has 0 bridgehead atoms. The first-order valence-corrected chi connectivity index (χ1v) is 8.19. The van der Waals surface area contributed by atoms with E-state index in [2.05, 4.69) is 58.0 Å². The van der Waals surface area contributed by atoms with Gasteiger partial charge in [0.15, 0.2) is 0 Å². The molecule has 1 aliphatic rings. The number of hydrogen-bond donors (Lipinski definition) is 0. The molecule has 1 aliphatic heterocycles. The fraction of sp³-hybridized carbons (Fsp3) is 0.450. The Hall–Kier alpha value is -2.03. The largest absolute Gasteiger partial charge is 0.493 e. The molecule has 0 saturated heterocycles. The van der Waals surface area contributed by atoms with Crippen LogP contribution in [0.5, 0.6) is 0 Å². The summed E-state index contributed by atoms with van der Waals surface area (Å²) in [5.41, 5.74) is 3.77. The molecule has 1 atom stereocenters. The molecule has 0 fully saturated rings. The van der Waals surface area contributed by atoms with E-state index >= 15 is 0 Å². The monoisotopic (exact) mass is 314 g/mol. The molecule has 3 nitrogen and oxygen atoms in total. The van der Waals surface area contributed by atoms with E-state index in [1.807, 2.05) is 0 Å². The number of rotatable bonds is 6. The van der Waals surface area contributed by atoms with Crippen LogP contribution in [0.15, 0.2) is 47.7 Å². The third-order valence-electron chi connectivity index (χ3n) is 3.89. The SMILES string of the molecule is CC(C)=CC(c1ccc(COC2=CC(=O)OCC2)cc1)C(C)C. The van der Waals surface area contributed by atoms with E-state index in [-0.39, 0.29) is 5.97 Å². The van der Waals surface area contributed by atoms with Crippen LogP contribution in [-0.2, 0) is 20.9 Å². The van der Waals surface area contributed by atoms with Crippen LogP contribution in [0.2, 0.25) is 0 Å². The van der Waals surface area contributed by atoms with Crippen LogP contribution >= 0.6 is 0 Å². The summed E-state index contributed by atoms with van der Waals surface area (Å²) in [6.45, 7) is 9.66. The lowest BCUT2D eigenvalue weighted by atomic mass is 9.87. The Labute approximate surface area is 139 Å². The van der Waals surface area contributed by atoms with Crippen LogP contribution in [0.3, 0.4) is 0 Å². The van der Waals surface area contributed by atoms with Crippen LogP contribution < -0.4 is 0 Å². The summed E-state index contributed by atoms with van der Waals surface area (Å²) in [7, 11) is 0. The number of ether oxygens (including phenoxy) is 2. The minimum absolute atomic E-state index is 0.317. The van der Waals surface area contributed by atoms with Gasteiger partial charge in [-0.15, -0.1) is 0 Å². The molecule has 2 rings (SSSR count). The molecule has 0 radical (unpaired) electrons. The summed E-state index contributed by atoms with van der Waals surface area (Å²) in [6.07, 6.45) is 4.41. The van der Waals surface area contributed by atoms with Gasteiger partial charge in [0, 0.05) is 12.3 Å². The van der Waals surface area contributed by atoms with E-state index in [9.17, 15) is 4.79 Å². The Bertz CT molecular complexity index is 590. The molecule has 0 N–H and O–H groups in total. The van der Waals surface area contributed by atoms with Crippen molar-refractivity contribution in [2.75, 3.05) is 6.61 Å². The second kappa shape index (κ2) is 8.00. The number of esters is 1. The highest BCUT2D eigenvalue weighted by Crippen LogP contribution is 2.27. The zero-order valence-electron chi connectivity index (χ0n) is 14.5. The molecule has 1 unspecified atom stereocenters. The maximum atomic E-state index is 11.2. The molecule has 0 aromatic heterocycles. The quantitative estimate of drug-likeness (QED) is 0.562. The highest BCUT2D eigenvalue weighted by molar-refractivity contribution is 5.83. The Morgan fingerprint density at radius 1 is 1.26 bits per heavy atom. The summed E-state index contributed by atoms with van der Waals surface area (Å²) in [6, 6.07) is 8.55. The van der Waals surface area contributed by atoms with E-state index in [4.69, 9.17) is 9.47 Å². The topological polar surface area (TPSA) is 35.5 Å². The van der Waals surface area contributed by atoms with E-state index in [0.29, 0.717) is 37.2 Å². The van der Waals surface area contributed by atoms with Gasteiger partial charge < -0.3 is 9.47 Å². The second-order valence-corrected chi connectivity index (χ2v) is 6.57. The zero-order chi connectivity index (χ0) is 16.8. The van der Waals surface area contributed by atoms with E-state index in [1.54, 1.807) is 0 Å². The molecular formula is C20H26O3. The van der Waals surface area contributed by atoms with Crippen molar-refractivity contribution in [2.45, 2.75) is 46.6 Å². The predicted molar refractivity (Wildman–Crippen MR) is 91.9 cm³/mol. The van der Waals surface area contributed by atoms with Crippen molar-refractivity contribution in [1.29, 1.82) is 0 Å². The molecule has 3 heteroatoms. The molecule has 0 spiro atoms. The molecule has 23 heavy (non-hydrogen) atoms. The number of allylic oxidation sites excluding steroid dienone is 2. The second-order valence-electron chi connectivity index (χ2n) is 6.57. The summed E-state index contributed by atoms with van der Waals surface area (Å²) >= 11 is 0. The Morgan fingerprint density at radius 2 is 1.96 bits per heavy atom. The average Bonchev–Trinajstić information content (AvgIpc) is 2.51. The summed E-state index contributed by atoms with van der Waals surface area (Å²) in [5.74, 6) is 1.38. The predicted octanol–water partition coefficient (Wildman–Crippen LogP) is 4.74. The van der Waals surface area contributed by atoms with Crippen molar-refractivity contribution >= 4 is 5.97 Å². The first-order valence-electron chi connectivity index (χ1n) is 8.19. The average molecular weight is 314 g/mol. The first kappa shape index (κ1) is 17.3. The van der Waals surface area contributed by atoms with Crippen molar-refractivity contribution < 1.29 is 14.3 Å². The molecule has 1 aromatic rings. The summed E-state index contributed by atoms with van der Waals surface area (Å²) in [4.78, 5) is 11.2. The highest BCUT2D eigenvalue weighted by Gasteiger charge is 2.14. The van der Waals surface area contributed by atoms with E-state index < -0.39 is 0 Å². The lowest BCUT2D eigenvalue weighted by Crippen LogP contribution is -2.12. The molecule has 1 heterocycles. The van der Waals surface area contributed by atoms with Crippen LogP contribution in [0.1, 0.15) is 51.2 Å². The van der Waals surface area contributed by atoms with Crippen molar-refractivity contribution in [3.05, 3.63) is 58.9 Å². The smallest absolute Gasteiger partial charge is 0.334 e. The fourth-order valence-electron chi connectivity index (χ4n) is 2.66. The van der Waals surface area contributed by atoms with Gasteiger partial charge in [0.25, 0.3) is 0 Å². The molecule has 0 aliphatic carbocycles. The Balaban J connectivity index is 2.01. The molecule has 0 saturated carbocycles. The molecule has 1 aromatic carbocycles. The zero-order valence-corrected chi connectivity index (χ0v) is 14.5. The van der Waals surface area contributed by atoms with Crippen molar-refractivity contribution in [3.8, 4) is 0 Å². The number of carbonyl (C=O) groups is 1. The molecular weight excluding hydrogens is 288 g/mol. The minimum Gasteiger partial charge on any atom is -0.493 e. The summed E-state index contributed by atoms with van der Waals surface area (Å²) < 4.78 is 10.6. The van der Waals surface area contributed by atoms with Crippen LogP contribution in [-0.4, -0.2) is 12.6 Å². The first-order chi connectivity index (χ1) is 11.0. The Morgan fingerprint density at radius 3 is 2.52 bits per heavy atom. The summed E-state index contributed by atoms with van der Waals surface area (Å²) in [5, 5.41) is 0. The lowest BCUT2D eigenvalue weighted by Gasteiger charge is -2.19. The number of cyclic esters (lactones) is 1. The van der Waals surface area contributed by atoms with Gasteiger partial charge in [-0.25, -0.2) is 4.79 Å². The number of hydrogen-bond acceptors (Lipinski definition) is 3. The van der Waals surface area contributed by atoms with Crippen LogP contribution in [0.25, 0.3) is 0 Å². The van der Waals surface area contributed by atoms with Gasteiger partial charge in [0.2, 0.25) is 0 Å². The maximum Gasteiger partial charge on any atom is 0.334 e. The van der Waals surface area contributed by atoms with Gasteiger partial charge in [-0.1, -0.05) is 49.8 Å². The maximum absolute atomic E-state index is 11.2. The van der Waals surface area contributed by atoms with Crippen LogP contribution in [0, 0.1) is 5.92 Å². The normalized spacial score (nSPS) is 15.7. The number of benzene rings is 1. The van der Waals surface area contributed by atoms with Gasteiger partial charge in [0.05, 0.1) is 12.7 Å². The van der Waals surface area contributed by atoms with Gasteiger partial charge >= 0.3 is 5.97 Å². The van der Waals surface area contributed by atoms with E-state index in [1.165, 1.54) is 17.2 Å². The highest BCUT2D eigenvalue weighted by atomic mass is 16.5. The number of carbonyl (C=O) groups excluding carboxylic acids is 1. The molecule has 124 valence electrons. The van der Waals surface area contributed by atoms with E-state index in [0.717, 1.165) is 5.56 Å². The third kappa shape index (κ3) is 5.27. The van der Waals surface area contributed by atoms with Gasteiger partial charge in [-0.2, -0.15) is 0 Å². The van der Waals surface area contributed by atoms with Gasteiger partial charge in [-0.3, -0.25) is 0 Å². The van der Waals surface area contributed by atoms with Crippen molar-refractivity contribution in [3.63, 3.8) is 0 Å². The van der Waals surface area contributed by atoms with Crippen molar-refractivity contribution in [2.24, 2.45) is 5.92 Å². The fourth-order valence-corrected chi connectivity index (χ4v) is 2.66. The van der Waals surface area contributed by atoms with Crippen molar-refractivity contribution in [1.82, 2.24) is 0 Å². The lowest BCUT2D eigenvalue weighted by molar-refractivity contribution is -0.139. The third-order valence-corrected chi connectivity index (χ3v) is 3.89. The minimum atomic E-state index is -0.317. The standard InChI is InChI=1S/C20H26O3/c1-14(2)11-19(15(3)4)17-7-5-16(6-8-17)13-23-18-9-10-22-20(21)12-18/h5-8,11-12,15,19H,9-10,13H2,1-4H3. The Kier molecular flexibility index (Phi) is 6.03. The molecule has 0 amide bonds. The van der Waals surface area contributed by atoms with Crippen LogP contribution in [0.4, 0.5) is 0 Å². The van der Waals surface area contributed by atoms with Gasteiger partial charge in [0.1, 0.15) is 12.4 Å².